The van der Waals surface area contributed by atoms with Crippen molar-refractivity contribution in [3.63, 3.8) is 0 Å². The number of fused-ring (bicyclic) bond motifs is 5. The highest BCUT2D eigenvalue weighted by Gasteiger charge is 2.59. The lowest BCUT2D eigenvalue weighted by Gasteiger charge is -2.58. The molecule has 5 rings (SSSR count). The molecule has 0 heterocycles. The van der Waals surface area contributed by atoms with Crippen LogP contribution in [0.25, 0.3) is 6.08 Å². The molecule has 0 bridgehead atoms. The number of esters is 1. The van der Waals surface area contributed by atoms with Gasteiger partial charge < -0.3 is 9.84 Å². The average Bonchev–Trinajstić information content (AvgIpc) is 3.25. The van der Waals surface area contributed by atoms with E-state index in [0.29, 0.717) is 5.41 Å². The first-order valence-electron chi connectivity index (χ1n) is 16.0. The van der Waals surface area contributed by atoms with Crippen LogP contribution in [0.1, 0.15) is 111 Å². The Morgan fingerprint density at radius 2 is 1.79 bits per heavy atom. The highest BCUT2D eigenvalue weighted by molar-refractivity contribution is 5.87. The number of allylic oxidation sites excluding steroid dienone is 1. The lowest BCUT2D eigenvalue weighted by molar-refractivity contribution is -0.145. The minimum absolute atomic E-state index is 0.0192. The molecule has 0 unspecified atom stereocenters. The van der Waals surface area contributed by atoms with Gasteiger partial charge in [-0.3, -0.25) is 0 Å². The van der Waals surface area contributed by atoms with E-state index in [1.54, 1.807) is 35.9 Å². The standard InChI is InChI=1S/C36H52O3/c1-24(2)7-6-8-25(3)31-16-17-32-30-15-12-27-23-29(19-21-35(27,4)33(30)20-22-36(31,32)5)39-34(38)18-11-26-9-13-28(37)14-10-26/h9-14,18,24-25,29-33,37H,6-8,15-17,19-23H2,1-5H3/b18-11+/t25-,29+,30+,31-,32+,33+,35+,36-/m1/s1. The third-order valence-electron chi connectivity index (χ3n) is 11.8. The van der Waals surface area contributed by atoms with E-state index in [2.05, 4.69) is 40.7 Å². The van der Waals surface area contributed by atoms with Gasteiger partial charge in [-0.25, -0.2) is 4.79 Å². The molecule has 0 spiro atoms. The van der Waals surface area contributed by atoms with Gasteiger partial charge in [-0.15, -0.1) is 0 Å². The maximum Gasteiger partial charge on any atom is 0.331 e. The molecule has 0 aromatic heterocycles. The Morgan fingerprint density at radius 1 is 1.03 bits per heavy atom. The van der Waals surface area contributed by atoms with Crippen LogP contribution in [0.3, 0.4) is 0 Å². The smallest absolute Gasteiger partial charge is 0.331 e. The molecule has 3 nitrogen and oxygen atoms in total. The fourth-order valence-corrected chi connectivity index (χ4v) is 9.71. The topological polar surface area (TPSA) is 46.5 Å². The molecule has 0 radical (unpaired) electrons. The minimum atomic E-state index is -0.265. The van der Waals surface area contributed by atoms with Gasteiger partial charge in [0.2, 0.25) is 0 Å². The zero-order valence-electron chi connectivity index (χ0n) is 25.1. The average molecular weight is 533 g/mol. The highest BCUT2D eigenvalue weighted by atomic mass is 16.5. The van der Waals surface area contributed by atoms with Gasteiger partial charge in [0.05, 0.1) is 0 Å². The van der Waals surface area contributed by atoms with E-state index in [1.165, 1.54) is 57.4 Å². The van der Waals surface area contributed by atoms with Crippen molar-refractivity contribution in [1.29, 1.82) is 0 Å². The molecule has 0 aliphatic heterocycles. The fourth-order valence-electron chi connectivity index (χ4n) is 9.71. The van der Waals surface area contributed by atoms with Crippen LogP contribution in [0.4, 0.5) is 0 Å². The molecule has 39 heavy (non-hydrogen) atoms. The number of hydrogen-bond acceptors (Lipinski definition) is 3. The van der Waals surface area contributed by atoms with Crippen LogP contribution < -0.4 is 0 Å². The summed E-state index contributed by atoms with van der Waals surface area (Å²) < 4.78 is 5.92. The molecule has 3 saturated carbocycles. The first-order chi connectivity index (χ1) is 18.6. The van der Waals surface area contributed by atoms with Gasteiger partial charge in [0.15, 0.2) is 0 Å². The second-order valence-electron chi connectivity index (χ2n) is 14.5. The number of ether oxygens (including phenoxy) is 1. The van der Waals surface area contributed by atoms with Gasteiger partial charge in [0.1, 0.15) is 11.9 Å². The Morgan fingerprint density at radius 3 is 2.54 bits per heavy atom. The van der Waals surface area contributed by atoms with E-state index >= 15 is 0 Å². The molecule has 0 amide bonds. The summed E-state index contributed by atoms with van der Waals surface area (Å²) in [6.45, 7) is 12.5. The number of rotatable bonds is 8. The second kappa shape index (κ2) is 11.5. The molecule has 3 heteroatoms. The summed E-state index contributed by atoms with van der Waals surface area (Å²) in [6.07, 6.45) is 19.9. The van der Waals surface area contributed by atoms with Crippen molar-refractivity contribution in [3.8, 4) is 5.75 Å². The molecule has 4 aliphatic rings. The molecule has 3 fully saturated rings. The van der Waals surface area contributed by atoms with Gasteiger partial charge in [0, 0.05) is 12.5 Å². The van der Waals surface area contributed by atoms with Gasteiger partial charge in [-0.2, -0.15) is 0 Å². The highest BCUT2D eigenvalue weighted by Crippen LogP contribution is 2.67. The second-order valence-corrected chi connectivity index (χ2v) is 14.5. The van der Waals surface area contributed by atoms with Gasteiger partial charge in [-0.05, 0) is 115 Å². The summed E-state index contributed by atoms with van der Waals surface area (Å²) in [6, 6.07) is 6.85. The van der Waals surface area contributed by atoms with Crippen molar-refractivity contribution < 1.29 is 14.6 Å². The van der Waals surface area contributed by atoms with Crippen LogP contribution in [0.15, 0.2) is 42.0 Å². The summed E-state index contributed by atoms with van der Waals surface area (Å²) in [7, 11) is 0. The van der Waals surface area contributed by atoms with E-state index < -0.39 is 0 Å². The quantitative estimate of drug-likeness (QED) is 0.206. The molecule has 1 N–H and O–H groups in total. The van der Waals surface area contributed by atoms with Crippen molar-refractivity contribution in [3.05, 3.63) is 47.6 Å². The van der Waals surface area contributed by atoms with E-state index in [0.717, 1.165) is 60.3 Å². The molecular formula is C36H52O3. The molecule has 1 aromatic rings. The molecular weight excluding hydrogens is 480 g/mol. The van der Waals surface area contributed by atoms with Crippen molar-refractivity contribution in [1.82, 2.24) is 0 Å². The summed E-state index contributed by atoms with van der Waals surface area (Å²) in [5.41, 5.74) is 3.24. The van der Waals surface area contributed by atoms with Gasteiger partial charge in [-0.1, -0.05) is 77.7 Å². The Hall–Kier alpha value is -2.03. The van der Waals surface area contributed by atoms with Crippen molar-refractivity contribution in [2.24, 2.45) is 46.3 Å². The van der Waals surface area contributed by atoms with Crippen molar-refractivity contribution in [2.75, 3.05) is 0 Å². The minimum Gasteiger partial charge on any atom is -0.508 e. The SMILES string of the molecule is CC(C)CCC[C@@H](C)[C@H]1CC[C@H]2[C@@H]3CC=C4C[C@@H](OC(=O)/C=C/c5ccc(O)cc5)CC[C@]4(C)[C@H]3CC[C@]12C. The van der Waals surface area contributed by atoms with E-state index in [-0.39, 0.29) is 23.2 Å². The zero-order chi connectivity index (χ0) is 27.8. The van der Waals surface area contributed by atoms with Crippen LogP contribution in [-0.4, -0.2) is 17.2 Å². The summed E-state index contributed by atoms with van der Waals surface area (Å²) in [4.78, 5) is 12.6. The number of phenolic OH excluding ortho intramolecular Hbond substituents is 1. The molecule has 1 aromatic carbocycles. The first kappa shape index (κ1) is 28.5. The van der Waals surface area contributed by atoms with Crippen molar-refractivity contribution >= 4 is 12.0 Å². The maximum atomic E-state index is 12.6. The van der Waals surface area contributed by atoms with E-state index in [9.17, 15) is 9.90 Å². The Balaban J connectivity index is 1.21. The number of carbonyl (C=O) groups is 1. The first-order valence-corrected chi connectivity index (χ1v) is 16.0. The third-order valence-corrected chi connectivity index (χ3v) is 11.8. The number of phenols is 1. The van der Waals surface area contributed by atoms with Gasteiger partial charge >= 0.3 is 5.97 Å². The lowest BCUT2D eigenvalue weighted by atomic mass is 9.47. The summed E-state index contributed by atoms with van der Waals surface area (Å²) >= 11 is 0. The largest absolute Gasteiger partial charge is 0.508 e. The summed E-state index contributed by atoms with van der Waals surface area (Å²) in [5.74, 6) is 5.04. The zero-order valence-corrected chi connectivity index (χ0v) is 25.1. The monoisotopic (exact) mass is 532 g/mol. The molecule has 4 aliphatic carbocycles. The Bertz CT molecular complexity index is 1070. The lowest BCUT2D eigenvalue weighted by Crippen LogP contribution is -2.51. The Labute approximate surface area is 237 Å². The number of hydrogen-bond donors (Lipinski definition) is 1. The summed E-state index contributed by atoms with van der Waals surface area (Å²) in [5, 5.41) is 9.45. The van der Waals surface area contributed by atoms with Crippen LogP contribution in [0.2, 0.25) is 0 Å². The van der Waals surface area contributed by atoms with Crippen LogP contribution in [-0.2, 0) is 9.53 Å². The fraction of sp³-hybridized carbons (Fsp3) is 0.694. The number of aromatic hydroxyl groups is 1. The maximum absolute atomic E-state index is 12.6. The van der Waals surface area contributed by atoms with Crippen LogP contribution in [0.5, 0.6) is 5.75 Å². The predicted octanol–water partition coefficient (Wildman–Crippen LogP) is 9.36. The molecule has 8 atom stereocenters. The van der Waals surface area contributed by atoms with Gasteiger partial charge in [0.25, 0.3) is 0 Å². The predicted molar refractivity (Wildman–Crippen MR) is 160 cm³/mol. The Kier molecular flexibility index (Phi) is 8.37. The number of benzene rings is 1. The van der Waals surface area contributed by atoms with E-state index in [4.69, 9.17) is 4.74 Å². The van der Waals surface area contributed by atoms with Crippen LogP contribution in [0, 0.1) is 46.3 Å². The molecule has 214 valence electrons. The van der Waals surface area contributed by atoms with Crippen LogP contribution >= 0.6 is 0 Å². The van der Waals surface area contributed by atoms with E-state index in [1.807, 2.05) is 0 Å². The normalized spacial score (nSPS) is 36.7. The molecule has 0 saturated heterocycles. The number of carbonyl (C=O) groups excluding carboxylic acids is 1. The third kappa shape index (κ3) is 5.75. The van der Waals surface area contributed by atoms with Crippen molar-refractivity contribution in [2.45, 2.75) is 111 Å².